The third-order valence-electron chi connectivity index (χ3n) is 3.02. The zero-order valence-electron chi connectivity index (χ0n) is 9.42. The molecule has 16 heavy (non-hydrogen) atoms. The van der Waals surface area contributed by atoms with Crippen LogP contribution in [0.5, 0.6) is 0 Å². The summed E-state index contributed by atoms with van der Waals surface area (Å²) in [7, 11) is 0. The minimum absolute atomic E-state index is 0.213. The molecule has 1 aromatic rings. The summed E-state index contributed by atoms with van der Waals surface area (Å²) in [5.74, 6) is 0.213. The molecule has 0 atom stereocenters. The number of ketones is 1. The number of rotatable bonds is 2. The number of carbonyl (C=O) groups is 1. The maximum atomic E-state index is 12.2. The van der Waals surface area contributed by atoms with Crippen LogP contribution in [0.1, 0.15) is 41.6 Å². The molecule has 0 aliphatic heterocycles. The van der Waals surface area contributed by atoms with Gasteiger partial charge in [-0.2, -0.15) is 0 Å². The Morgan fingerprint density at radius 3 is 2.75 bits per heavy atom. The lowest BCUT2D eigenvalue weighted by atomic mass is 9.91. The van der Waals surface area contributed by atoms with Crippen molar-refractivity contribution in [1.29, 1.82) is 0 Å². The van der Waals surface area contributed by atoms with Gasteiger partial charge in [-0.1, -0.05) is 22.0 Å². The molecule has 0 amide bonds. The van der Waals surface area contributed by atoms with Gasteiger partial charge in [-0.25, -0.2) is 0 Å². The summed E-state index contributed by atoms with van der Waals surface area (Å²) in [5.41, 5.74) is 2.89. The van der Waals surface area contributed by atoms with Crippen LogP contribution in [-0.4, -0.2) is 5.78 Å². The van der Waals surface area contributed by atoms with Crippen molar-refractivity contribution >= 4 is 21.7 Å². The van der Waals surface area contributed by atoms with Gasteiger partial charge in [0.1, 0.15) is 0 Å². The van der Waals surface area contributed by atoms with Gasteiger partial charge in [0.15, 0.2) is 5.78 Å². The molecular weight excluding hydrogens is 264 g/mol. The van der Waals surface area contributed by atoms with Crippen molar-refractivity contribution in [2.75, 3.05) is 0 Å². The molecule has 1 aliphatic carbocycles. The SMILES string of the molecule is Cc1cc(Br)ccc1C(=O)C1=CCCCC1. The monoisotopic (exact) mass is 278 g/mol. The molecule has 1 nitrogen and oxygen atoms in total. The van der Waals surface area contributed by atoms with Crippen molar-refractivity contribution in [2.45, 2.75) is 32.6 Å². The van der Waals surface area contributed by atoms with Gasteiger partial charge in [0.25, 0.3) is 0 Å². The van der Waals surface area contributed by atoms with E-state index in [-0.39, 0.29) is 5.78 Å². The molecule has 0 N–H and O–H groups in total. The minimum Gasteiger partial charge on any atom is -0.289 e. The number of aryl methyl sites for hydroxylation is 1. The van der Waals surface area contributed by atoms with E-state index in [1.165, 1.54) is 6.42 Å². The number of hydrogen-bond acceptors (Lipinski definition) is 1. The number of allylic oxidation sites excluding steroid dienone is 2. The maximum absolute atomic E-state index is 12.2. The standard InChI is InChI=1S/C14H15BrO/c1-10-9-12(15)7-8-13(10)14(16)11-5-3-2-4-6-11/h5,7-9H,2-4,6H2,1H3. The number of carbonyl (C=O) groups excluding carboxylic acids is 1. The lowest BCUT2D eigenvalue weighted by Crippen LogP contribution is -2.08. The van der Waals surface area contributed by atoms with Crippen LogP contribution in [0.25, 0.3) is 0 Å². The Kier molecular flexibility index (Phi) is 3.59. The van der Waals surface area contributed by atoms with Crippen LogP contribution in [0, 0.1) is 6.92 Å². The van der Waals surface area contributed by atoms with Gasteiger partial charge in [0.2, 0.25) is 0 Å². The molecule has 0 unspecified atom stereocenters. The lowest BCUT2D eigenvalue weighted by molar-refractivity contribution is 0.102. The third kappa shape index (κ3) is 2.43. The Balaban J connectivity index is 2.30. The molecule has 2 heteroatoms. The molecule has 0 spiro atoms. The number of Topliss-reactive ketones (excluding diaryl/α,β-unsaturated/α-hetero) is 1. The molecule has 84 valence electrons. The Morgan fingerprint density at radius 2 is 2.12 bits per heavy atom. The number of hydrogen-bond donors (Lipinski definition) is 0. The van der Waals surface area contributed by atoms with Crippen LogP contribution < -0.4 is 0 Å². The fourth-order valence-corrected chi connectivity index (χ4v) is 2.57. The van der Waals surface area contributed by atoms with Gasteiger partial charge in [0.05, 0.1) is 0 Å². The van der Waals surface area contributed by atoms with Crippen LogP contribution in [0.15, 0.2) is 34.3 Å². The molecule has 0 saturated heterocycles. The van der Waals surface area contributed by atoms with Crippen molar-refractivity contribution in [2.24, 2.45) is 0 Å². The van der Waals surface area contributed by atoms with Crippen molar-refractivity contribution in [1.82, 2.24) is 0 Å². The fourth-order valence-electron chi connectivity index (χ4n) is 2.10. The van der Waals surface area contributed by atoms with Gasteiger partial charge in [-0.15, -0.1) is 0 Å². The topological polar surface area (TPSA) is 17.1 Å². The maximum Gasteiger partial charge on any atom is 0.188 e. The summed E-state index contributed by atoms with van der Waals surface area (Å²) in [6.45, 7) is 1.99. The zero-order chi connectivity index (χ0) is 11.5. The van der Waals surface area contributed by atoms with Crippen LogP contribution in [0.2, 0.25) is 0 Å². The van der Waals surface area contributed by atoms with Crippen molar-refractivity contribution in [3.8, 4) is 0 Å². The van der Waals surface area contributed by atoms with Gasteiger partial charge < -0.3 is 0 Å². The third-order valence-corrected chi connectivity index (χ3v) is 3.51. The smallest absolute Gasteiger partial charge is 0.188 e. The molecule has 0 radical (unpaired) electrons. The fraction of sp³-hybridized carbons (Fsp3) is 0.357. The molecule has 0 aromatic heterocycles. The van der Waals surface area contributed by atoms with Gasteiger partial charge in [0, 0.05) is 10.0 Å². The van der Waals surface area contributed by atoms with E-state index in [4.69, 9.17) is 0 Å². The first kappa shape index (κ1) is 11.6. The summed E-state index contributed by atoms with van der Waals surface area (Å²) in [6.07, 6.45) is 6.46. The van der Waals surface area contributed by atoms with Crippen LogP contribution in [-0.2, 0) is 0 Å². The average molecular weight is 279 g/mol. The highest BCUT2D eigenvalue weighted by molar-refractivity contribution is 9.10. The first-order valence-electron chi connectivity index (χ1n) is 5.68. The van der Waals surface area contributed by atoms with Crippen molar-refractivity contribution in [3.63, 3.8) is 0 Å². The Hall–Kier alpha value is -0.890. The van der Waals surface area contributed by atoms with Gasteiger partial charge in [-0.3, -0.25) is 4.79 Å². The van der Waals surface area contributed by atoms with Crippen LogP contribution in [0.4, 0.5) is 0 Å². The largest absolute Gasteiger partial charge is 0.289 e. The lowest BCUT2D eigenvalue weighted by Gasteiger charge is -2.13. The van der Waals surface area contributed by atoms with Crippen molar-refractivity contribution in [3.05, 3.63) is 45.4 Å². The molecule has 0 fully saturated rings. The van der Waals surface area contributed by atoms with E-state index >= 15 is 0 Å². The molecule has 0 heterocycles. The first-order valence-corrected chi connectivity index (χ1v) is 6.47. The van der Waals surface area contributed by atoms with E-state index in [2.05, 4.69) is 22.0 Å². The highest BCUT2D eigenvalue weighted by atomic mass is 79.9. The van der Waals surface area contributed by atoms with Crippen LogP contribution in [0.3, 0.4) is 0 Å². The Labute approximate surface area is 105 Å². The molecule has 2 rings (SSSR count). The second kappa shape index (κ2) is 4.96. The van der Waals surface area contributed by atoms with Gasteiger partial charge >= 0.3 is 0 Å². The zero-order valence-corrected chi connectivity index (χ0v) is 11.0. The Morgan fingerprint density at radius 1 is 1.31 bits per heavy atom. The normalized spacial score (nSPS) is 15.8. The van der Waals surface area contributed by atoms with Crippen molar-refractivity contribution < 1.29 is 4.79 Å². The number of halogens is 1. The summed E-state index contributed by atoms with van der Waals surface area (Å²) >= 11 is 3.42. The van der Waals surface area contributed by atoms with E-state index in [0.717, 1.165) is 40.4 Å². The van der Waals surface area contributed by atoms with Gasteiger partial charge in [-0.05, 0) is 61.9 Å². The van der Waals surface area contributed by atoms with E-state index < -0.39 is 0 Å². The predicted octanol–water partition coefficient (Wildman–Crippen LogP) is 4.44. The molecular formula is C14H15BrO. The second-order valence-electron chi connectivity index (χ2n) is 4.26. The minimum atomic E-state index is 0.213. The second-order valence-corrected chi connectivity index (χ2v) is 5.18. The molecule has 1 aliphatic rings. The molecule has 0 saturated carbocycles. The average Bonchev–Trinajstić information content (AvgIpc) is 2.29. The predicted molar refractivity (Wildman–Crippen MR) is 69.8 cm³/mol. The van der Waals surface area contributed by atoms with E-state index in [1.54, 1.807) is 0 Å². The van der Waals surface area contributed by atoms with E-state index in [0.29, 0.717) is 0 Å². The molecule has 1 aromatic carbocycles. The summed E-state index contributed by atoms with van der Waals surface area (Å²) in [4.78, 5) is 12.2. The summed E-state index contributed by atoms with van der Waals surface area (Å²) in [5, 5.41) is 0. The quantitative estimate of drug-likeness (QED) is 0.731. The number of benzene rings is 1. The highest BCUT2D eigenvalue weighted by Gasteiger charge is 2.15. The summed E-state index contributed by atoms with van der Waals surface area (Å²) in [6, 6.07) is 5.84. The van der Waals surface area contributed by atoms with E-state index in [1.807, 2.05) is 25.1 Å². The summed E-state index contributed by atoms with van der Waals surface area (Å²) < 4.78 is 1.03. The highest BCUT2D eigenvalue weighted by Crippen LogP contribution is 2.24. The molecule has 0 bridgehead atoms. The Bertz CT molecular complexity index is 446. The first-order chi connectivity index (χ1) is 7.68. The van der Waals surface area contributed by atoms with Crippen LogP contribution >= 0.6 is 15.9 Å². The van der Waals surface area contributed by atoms with E-state index in [9.17, 15) is 4.79 Å².